The maximum Gasteiger partial charge on any atom is 0.305 e. The van der Waals surface area contributed by atoms with E-state index in [1.165, 1.54) is 308 Å². The summed E-state index contributed by atoms with van der Waals surface area (Å²) >= 11 is 0. The molecule has 0 aromatic heterocycles. The van der Waals surface area contributed by atoms with E-state index in [0.717, 1.165) is 64.2 Å². The number of rotatable bonds is 72. The van der Waals surface area contributed by atoms with Gasteiger partial charge < -0.3 is 45.1 Å². The third-order valence-corrected chi connectivity index (χ3v) is 19.2. The summed E-state index contributed by atoms with van der Waals surface area (Å²) in [7, 11) is 0. The van der Waals surface area contributed by atoms with Crippen LogP contribution in [0.1, 0.15) is 399 Å². The van der Waals surface area contributed by atoms with Gasteiger partial charge >= 0.3 is 5.97 Å². The van der Waals surface area contributed by atoms with Crippen molar-refractivity contribution >= 4 is 11.9 Å². The number of aliphatic hydroxyl groups is 5. The molecule has 11 nitrogen and oxygen atoms in total. The second-order valence-corrected chi connectivity index (χ2v) is 28.1. The maximum atomic E-state index is 13.0. The number of nitrogens with one attached hydrogen (secondary N) is 1. The largest absolute Gasteiger partial charge is 0.466 e. The number of esters is 1. The van der Waals surface area contributed by atoms with E-state index in [1.54, 1.807) is 6.08 Å². The van der Waals surface area contributed by atoms with Gasteiger partial charge in [-0.25, -0.2) is 0 Å². The number of aliphatic hydroxyl groups excluding tert-OH is 5. The molecule has 1 heterocycles. The highest BCUT2D eigenvalue weighted by atomic mass is 16.7. The Morgan fingerprint density at radius 1 is 0.398 bits per heavy atom. The Hall–Kier alpha value is -2.38. The number of hydrogen-bond acceptors (Lipinski definition) is 10. The van der Waals surface area contributed by atoms with Crippen LogP contribution in [0.5, 0.6) is 0 Å². The minimum absolute atomic E-state index is 0.0117. The summed E-state index contributed by atoms with van der Waals surface area (Å²) < 4.78 is 16.7. The van der Waals surface area contributed by atoms with E-state index in [1.807, 2.05) is 6.08 Å². The van der Waals surface area contributed by atoms with E-state index < -0.39 is 49.5 Å². The molecule has 0 aliphatic carbocycles. The third kappa shape index (κ3) is 59.4. The molecule has 7 unspecified atom stereocenters. The molecule has 7 atom stereocenters. The summed E-state index contributed by atoms with van der Waals surface area (Å²) in [5, 5.41) is 54.3. The van der Waals surface area contributed by atoms with Gasteiger partial charge in [-0.1, -0.05) is 345 Å². The van der Waals surface area contributed by atoms with E-state index in [0.29, 0.717) is 19.4 Å². The normalized spacial score (nSPS) is 17.7. The number of hydrogen-bond donors (Lipinski definition) is 6. The number of allylic oxidation sites excluding steroid dienone is 7. The first-order valence-electron chi connectivity index (χ1n) is 40.4. The third-order valence-electron chi connectivity index (χ3n) is 19.2. The fourth-order valence-corrected chi connectivity index (χ4v) is 12.8. The molecule has 1 amide bonds. The molecule has 0 radical (unpaired) electrons. The van der Waals surface area contributed by atoms with Gasteiger partial charge in [-0.15, -0.1) is 0 Å². The summed E-state index contributed by atoms with van der Waals surface area (Å²) in [6.07, 6.45) is 84.6. The molecule has 93 heavy (non-hydrogen) atoms. The highest BCUT2D eigenvalue weighted by Crippen LogP contribution is 2.24. The molecule has 0 aromatic carbocycles. The van der Waals surface area contributed by atoms with Gasteiger partial charge in [0.25, 0.3) is 0 Å². The lowest BCUT2D eigenvalue weighted by Crippen LogP contribution is -2.60. The van der Waals surface area contributed by atoms with Crippen LogP contribution in [0, 0.1) is 0 Å². The minimum Gasteiger partial charge on any atom is -0.466 e. The molecule has 1 fully saturated rings. The van der Waals surface area contributed by atoms with Crippen molar-refractivity contribution in [1.82, 2.24) is 5.32 Å². The van der Waals surface area contributed by atoms with Gasteiger partial charge in [-0.05, 0) is 89.9 Å². The molecule has 1 aliphatic heterocycles. The summed E-state index contributed by atoms with van der Waals surface area (Å²) in [5.41, 5.74) is 0. The Balaban J connectivity index is 1.85. The lowest BCUT2D eigenvalue weighted by atomic mass is 9.99. The molecule has 0 spiro atoms. The lowest BCUT2D eigenvalue weighted by molar-refractivity contribution is -0.302. The van der Waals surface area contributed by atoms with Crippen molar-refractivity contribution in [1.29, 1.82) is 0 Å². The lowest BCUT2D eigenvalue weighted by Gasteiger charge is -2.40. The van der Waals surface area contributed by atoms with Crippen LogP contribution in [-0.2, 0) is 23.8 Å². The van der Waals surface area contributed by atoms with Crippen molar-refractivity contribution in [2.24, 2.45) is 0 Å². The van der Waals surface area contributed by atoms with Gasteiger partial charge in [0.05, 0.1) is 32.0 Å². The molecule has 1 saturated heterocycles. The van der Waals surface area contributed by atoms with Crippen LogP contribution < -0.4 is 5.32 Å². The SMILES string of the molecule is CCCCCCCC/C=C\CCCCCCCCCC(=O)OCCCCCCCCCCCCCCCCC/C=C\C/C=C\CCCCCCCCCCCCCCCCCCCC(=O)NC(COC1OC(CO)C(O)C(O)C1O)C(O)/C=C/CCCCCCCCC. The van der Waals surface area contributed by atoms with Crippen LogP contribution in [0.3, 0.4) is 0 Å². The molecule has 1 aliphatic rings. The second-order valence-electron chi connectivity index (χ2n) is 28.1. The van der Waals surface area contributed by atoms with E-state index in [2.05, 4.69) is 55.6 Å². The first-order valence-corrected chi connectivity index (χ1v) is 40.4. The number of unbranched alkanes of at least 4 members (excludes halogenated alkanes) is 52. The van der Waals surface area contributed by atoms with Crippen LogP contribution in [0.2, 0.25) is 0 Å². The predicted octanol–water partition coefficient (Wildman–Crippen LogP) is 21.9. The van der Waals surface area contributed by atoms with Crippen molar-refractivity contribution in [2.75, 3.05) is 19.8 Å². The number of ether oxygens (including phenoxy) is 3. The van der Waals surface area contributed by atoms with Crippen molar-refractivity contribution in [2.45, 2.75) is 442 Å². The van der Waals surface area contributed by atoms with Gasteiger partial charge in [0.2, 0.25) is 5.91 Å². The van der Waals surface area contributed by atoms with Crippen LogP contribution in [0.25, 0.3) is 0 Å². The summed E-state index contributed by atoms with van der Waals surface area (Å²) in [6, 6.07) is -0.807. The van der Waals surface area contributed by atoms with Crippen LogP contribution in [0.15, 0.2) is 48.6 Å². The maximum absolute atomic E-state index is 13.0. The van der Waals surface area contributed by atoms with E-state index >= 15 is 0 Å². The molecule has 546 valence electrons. The molecular weight excluding hydrogens is 1160 g/mol. The Morgan fingerprint density at radius 2 is 0.720 bits per heavy atom. The molecule has 6 N–H and O–H groups in total. The van der Waals surface area contributed by atoms with Crippen molar-refractivity contribution < 1.29 is 49.3 Å². The van der Waals surface area contributed by atoms with Gasteiger partial charge in [0.15, 0.2) is 6.29 Å². The second kappa shape index (κ2) is 70.9. The van der Waals surface area contributed by atoms with Crippen molar-refractivity contribution in [3.63, 3.8) is 0 Å². The minimum atomic E-state index is -1.57. The topological polar surface area (TPSA) is 175 Å². The van der Waals surface area contributed by atoms with Crippen LogP contribution in [-0.4, -0.2) is 100 Å². The monoisotopic (exact) mass is 1310 g/mol. The smallest absolute Gasteiger partial charge is 0.305 e. The summed E-state index contributed by atoms with van der Waals surface area (Å²) in [4.78, 5) is 25.1. The Bertz CT molecular complexity index is 1690. The van der Waals surface area contributed by atoms with Gasteiger partial charge in [0.1, 0.15) is 24.4 Å². The average Bonchev–Trinajstić information content (AvgIpc) is 0.878. The van der Waals surface area contributed by atoms with E-state index in [-0.39, 0.29) is 18.5 Å². The number of carbonyl (C=O) groups excluding carboxylic acids is 2. The number of amides is 1. The van der Waals surface area contributed by atoms with Crippen molar-refractivity contribution in [3.05, 3.63) is 48.6 Å². The standard InChI is InChI=1S/C82H153NO10/c1-3-5-7-9-11-13-14-15-16-40-44-47-50-54-58-62-66-70-78(87)91-71-67-63-59-55-51-48-45-42-39-37-35-33-31-29-27-25-23-21-19-17-18-20-22-24-26-28-30-32-34-36-38-41-43-46-49-53-57-61-65-69-77(86)83-74(75(85)68-64-60-56-52-12-10-8-6-4-2)73-92-82-81(90)80(89)79(88)76(72-84)93-82/h15-18,21,23,64,68,74-76,79-82,84-85,88-90H,3-14,19-20,22,24-63,65-67,69-73H2,1-2H3,(H,83,86)/b16-15-,18-17-,23-21-,68-64+. The van der Waals surface area contributed by atoms with Gasteiger partial charge in [-0.2, -0.15) is 0 Å². The Morgan fingerprint density at radius 3 is 1.10 bits per heavy atom. The van der Waals surface area contributed by atoms with Gasteiger partial charge in [0, 0.05) is 12.8 Å². The van der Waals surface area contributed by atoms with E-state index in [9.17, 15) is 35.1 Å². The fourth-order valence-electron chi connectivity index (χ4n) is 12.8. The first-order chi connectivity index (χ1) is 45.7. The van der Waals surface area contributed by atoms with Gasteiger partial charge in [-0.3, -0.25) is 9.59 Å². The Kier molecular flexibility index (Phi) is 67.6. The Labute approximate surface area is 574 Å². The molecule has 11 heteroatoms. The fraction of sp³-hybridized carbons (Fsp3) is 0.878. The van der Waals surface area contributed by atoms with E-state index in [4.69, 9.17) is 14.2 Å². The zero-order valence-electron chi connectivity index (χ0n) is 61.0. The average molecular weight is 1310 g/mol. The predicted molar refractivity (Wildman–Crippen MR) is 394 cm³/mol. The molecule has 1 rings (SSSR count). The number of carbonyl (C=O) groups is 2. The molecule has 0 bridgehead atoms. The highest BCUT2D eigenvalue weighted by molar-refractivity contribution is 5.76. The first kappa shape index (κ1) is 88.6. The van der Waals surface area contributed by atoms with Crippen molar-refractivity contribution in [3.8, 4) is 0 Å². The quantitative estimate of drug-likeness (QED) is 0.0195. The zero-order chi connectivity index (χ0) is 67.2. The highest BCUT2D eigenvalue weighted by Gasteiger charge is 2.44. The molecule has 0 saturated carbocycles. The summed E-state index contributed by atoms with van der Waals surface area (Å²) in [6.45, 7) is 4.35. The zero-order valence-corrected chi connectivity index (χ0v) is 61.0. The molecular formula is C82H153NO10. The van der Waals surface area contributed by atoms with Crippen LogP contribution in [0.4, 0.5) is 0 Å². The van der Waals surface area contributed by atoms with Crippen LogP contribution >= 0.6 is 0 Å². The molecule has 0 aromatic rings. The summed E-state index contributed by atoms with van der Waals surface area (Å²) in [5.74, 6) is -0.168.